The Hall–Kier alpha value is -2.55. The van der Waals surface area contributed by atoms with Crippen LogP contribution >= 0.6 is 22.9 Å². The van der Waals surface area contributed by atoms with Crippen LogP contribution in [-0.2, 0) is 11.3 Å². The second-order valence-corrected chi connectivity index (χ2v) is 6.81. The van der Waals surface area contributed by atoms with Crippen LogP contribution < -0.4 is 4.80 Å². The number of nitro groups is 1. The van der Waals surface area contributed by atoms with Crippen molar-refractivity contribution in [2.75, 3.05) is 13.7 Å². The Kier molecular flexibility index (Phi) is 5.46. The van der Waals surface area contributed by atoms with E-state index in [4.69, 9.17) is 16.3 Å². The second kappa shape index (κ2) is 7.77. The number of nitro benzene ring substituents is 1. The highest BCUT2D eigenvalue weighted by molar-refractivity contribution is 7.16. The van der Waals surface area contributed by atoms with Gasteiger partial charge in [0.05, 0.1) is 21.7 Å². The molecule has 134 valence electrons. The number of benzene rings is 2. The Labute approximate surface area is 157 Å². The van der Waals surface area contributed by atoms with E-state index in [-0.39, 0.29) is 5.69 Å². The van der Waals surface area contributed by atoms with Crippen LogP contribution in [0, 0.1) is 10.1 Å². The van der Waals surface area contributed by atoms with Gasteiger partial charge in [0, 0.05) is 36.4 Å². The molecule has 1 amide bonds. The maximum Gasteiger partial charge on any atom is 0.279 e. The van der Waals surface area contributed by atoms with E-state index < -0.39 is 10.8 Å². The zero-order chi connectivity index (χ0) is 18.7. The van der Waals surface area contributed by atoms with Gasteiger partial charge < -0.3 is 9.30 Å². The van der Waals surface area contributed by atoms with E-state index in [1.165, 1.54) is 23.5 Å². The van der Waals surface area contributed by atoms with E-state index in [9.17, 15) is 14.9 Å². The summed E-state index contributed by atoms with van der Waals surface area (Å²) < 4.78 is 7.66. The van der Waals surface area contributed by atoms with Gasteiger partial charge in [0.2, 0.25) is 0 Å². The molecule has 7 nitrogen and oxygen atoms in total. The van der Waals surface area contributed by atoms with Crippen LogP contribution in [0.1, 0.15) is 10.4 Å². The number of carbonyl (C=O) groups excluding carboxylic acids is 1. The molecule has 0 aliphatic heterocycles. The number of rotatable bonds is 5. The number of thiazole rings is 1. The Morgan fingerprint density at radius 1 is 1.31 bits per heavy atom. The number of carbonyl (C=O) groups is 1. The first-order valence-corrected chi connectivity index (χ1v) is 8.80. The summed E-state index contributed by atoms with van der Waals surface area (Å²) in [5.74, 6) is -0.408. The van der Waals surface area contributed by atoms with Crippen LogP contribution in [0.3, 0.4) is 0 Å². The molecular weight excluding hydrogens is 378 g/mol. The highest BCUT2D eigenvalue weighted by Gasteiger charge is 2.13. The summed E-state index contributed by atoms with van der Waals surface area (Å²) in [6.07, 6.45) is 0. The average Bonchev–Trinajstić information content (AvgIpc) is 2.96. The van der Waals surface area contributed by atoms with Gasteiger partial charge in [-0.15, -0.1) is 0 Å². The molecule has 0 aliphatic carbocycles. The number of fused-ring (bicyclic) bond motifs is 1. The van der Waals surface area contributed by atoms with Gasteiger partial charge in [-0.25, -0.2) is 0 Å². The zero-order valence-corrected chi connectivity index (χ0v) is 15.3. The van der Waals surface area contributed by atoms with Crippen molar-refractivity contribution in [3.8, 4) is 0 Å². The first-order valence-electron chi connectivity index (χ1n) is 7.61. The van der Waals surface area contributed by atoms with E-state index in [1.54, 1.807) is 42.0 Å². The van der Waals surface area contributed by atoms with Crippen molar-refractivity contribution in [1.82, 2.24) is 4.57 Å². The predicted octanol–water partition coefficient (Wildman–Crippen LogP) is 3.65. The SMILES string of the molecule is COCCn1c(=NC(=O)c2ccc(Cl)cc2)sc2ccc([N+](=O)[O-])cc21. The van der Waals surface area contributed by atoms with Crippen LogP contribution in [-0.4, -0.2) is 29.1 Å². The van der Waals surface area contributed by atoms with Gasteiger partial charge in [-0.05, 0) is 30.3 Å². The van der Waals surface area contributed by atoms with Gasteiger partial charge in [0.15, 0.2) is 4.80 Å². The Balaban J connectivity index is 2.12. The number of aromatic nitrogens is 1. The third-order valence-electron chi connectivity index (χ3n) is 3.68. The molecule has 0 saturated carbocycles. The minimum Gasteiger partial charge on any atom is -0.383 e. The highest BCUT2D eigenvalue weighted by Crippen LogP contribution is 2.23. The summed E-state index contributed by atoms with van der Waals surface area (Å²) >= 11 is 7.13. The van der Waals surface area contributed by atoms with Gasteiger partial charge in [-0.2, -0.15) is 4.99 Å². The lowest BCUT2D eigenvalue weighted by Crippen LogP contribution is -2.19. The molecule has 0 N–H and O–H groups in total. The van der Waals surface area contributed by atoms with Crippen LogP contribution in [0.5, 0.6) is 0 Å². The average molecular weight is 392 g/mol. The smallest absolute Gasteiger partial charge is 0.279 e. The number of non-ortho nitro benzene ring substituents is 1. The van der Waals surface area contributed by atoms with Crippen molar-refractivity contribution in [1.29, 1.82) is 0 Å². The molecule has 0 atom stereocenters. The summed E-state index contributed by atoms with van der Waals surface area (Å²) in [5.41, 5.74) is 1.04. The molecule has 2 aromatic carbocycles. The molecule has 3 rings (SSSR count). The molecule has 0 radical (unpaired) electrons. The monoisotopic (exact) mass is 391 g/mol. The number of ether oxygens (including phenoxy) is 1. The number of hydrogen-bond donors (Lipinski definition) is 0. The number of methoxy groups -OCH3 is 1. The molecule has 0 unspecified atom stereocenters. The van der Waals surface area contributed by atoms with Crippen LogP contribution in [0.25, 0.3) is 10.2 Å². The van der Waals surface area contributed by atoms with E-state index in [2.05, 4.69) is 4.99 Å². The molecule has 1 heterocycles. The van der Waals surface area contributed by atoms with Crippen molar-refractivity contribution in [2.24, 2.45) is 4.99 Å². The molecule has 9 heteroatoms. The lowest BCUT2D eigenvalue weighted by Gasteiger charge is -2.04. The lowest BCUT2D eigenvalue weighted by molar-refractivity contribution is -0.384. The topological polar surface area (TPSA) is 86.7 Å². The maximum atomic E-state index is 12.4. The largest absolute Gasteiger partial charge is 0.383 e. The molecule has 3 aromatic rings. The molecule has 0 spiro atoms. The third-order valence-corrected chi connectivity index (χ3v) is 5.00. The Bertz CT molecular complexity index is 1040. The summed E-state index contributed by atoms with van der Waals surface area (Å²) in [7, 11) is 1.56. The summed E-state index contributed by atoms with van der Waals surface area (Å²) in [5, 5.41) is 11.6. The van der Waals surface area contributed by atoms with Crippen LogP contribution in [0.15, 0.2) is 47.5 Å². The zero-order valence-electron chi connectivity index (χ0n) is 13.7. The standard InChI is InChI=1S/C17H14ClN3O4S/c1-25-9-8-20-14-10-13(21(23)24)6-7-15(14)26-17(20)19-16(22)11-2-4-12(18)5-3-11/h2-7,10H,8-9H2,1H3. The van der Waals surface area contributed by atoms with Gasteiger partial charge >= 0.3 is 0 Å². The molecule has 0 aliphatic rings. The van der Waals surface area contributed by atoms with Crippen molar-refractivity contribution in [3.63, 3.8) is 0 Å². The normalized spacial score (nSPS) is 11.8. The fraction of sp³-hybridized carbons (Fsp3) is 0.176. The van der Waals surface area contributed by atoms with E-state index in [0.717, 1.165) is 4.70 Å². The van der Waals surface area contributed by atoms with Gasteiger partial charge in [0.25, 0.3) is 11.6 Å². The molecule has 0 fully saturated rings. The van der Waals surface area contributed by atoms with Gasteiger partial charge in [-0.3, -0.25) is 14.9 Å². The minimum atomic E-state index is -0.451. The highest BCUT2D eigenvalue weighted by atomic mass is 35.5. The fourth-order valence-corrected chi connectivity index (χ4v) is 3.56. The molecule has 26 heavy (non-hydrogen) atoms. The number of nitrogens with zero attached hydrogens (tertiary/aromatic N) is 3. The second-order valence-electron chi connectivity index (χ2n) is 5.36. The summed E-state index contributed by atoms with van der Waals surface area (Å²) in [6, 6.07) is 11.0. The first-order chi connectivity index (χ1) is 12.5. The van der Waals surface area contributed by atoms with Crippen molar-refractivity contribution in [3.05, 3.63) is 68.0 Å². The Morgan fingerprint density at radius 3 is 2.69 bits per heavy atom. The molecule has 0 bridgehead atoms. The first kappa shape index (κ1) is 18.2. The van der Waals surface area contributed by atoms with E-state index in [1.807, 2.05) is 0 Å². The van der Waals surface area contributed by atoms with Crippen LogP contribution in [0.2, 0.25) is 5.02 Å². The van der Waals surface area contributed by atoms with E-state index in [0.29, 0.717) is 34.1 Å². The lowest BCUT2D eigenvalue weighted by atomic mass is 10.2. The number of halogens is 1. The molecular formula is C17H14ClN3O4S. The fourth-order valence-electron chi connectivity index (χ4n) is 2.40. The number of hydrogen-bond acceptors (Lipinski definition) is 5. The van der Waals surface area contributed by atoms with E-state index >= 15 is 0 Å². The van der Waals surface area contributed by atoms with Gasteiger partial charge in [0.1, 0.15) is 0 Å². The quantitative estimate of drug-likeness (QED) is 0.490. The van der Waals surface area contributed by atoms with Crippen molar-refractivity contribution in [2.45, 2.75) is 6.54 Å². The number of amides is 1. The maximum absolute atomic E-state index is 12.4. The summed E-state index contributed by atoms with van der Waals surface area (Å²) in [4.78, 5) is 27.7. The predicted molar refractivity (Wildman–Crippen MR) is 99.7 cm³/mol. The van der Waals surface area contributed by atoms with Crippen LogP contribution in [0.4, 0.5) is 5.69 Å². The Morgan fingerprint density at radius 2 is 2.04 bits per heavy atom. The molecule has 1 aromatic heterocycles. The van der Waals surface area contributed by atoms with Gasteiger partial charge in [-0.1, -0.05) is 22.9 Å². The third kappa shape index (κ3) is 3.82. The minimum absolute atomic E-state index is 0.0166. The summed E-state index contributed by atoms with van der Waals surface area (Å²) in [6.45, 7) is 0.807. The van der Waals surface area contributed by atoms with Crippen molar-refractivity contribution >= 4 is 44.7 Å². The molecule has 0 saturated heterocycles. The van der Waals surface area contributed by atoms with Crippen molar-refractivity contribution < 1.29 is 14.5 Å².